The quantitative estimate of drug-likeness (QED) is 0.794. The summed E-state index contributed by atoms with van der Waals surface area (Å²) in [5.74, 6) is -0.335. The molecular formula is C12H17FN2O3S. The molecule has 0 heterocycles. The van der Waals surface area contributed by atoms with E-state index in [0.717, 1.165) is 18.9 Å². The molecule has 106 valence electrons. The number of sulfonamides is 1. The van der Waals surface area contributed by atoms with Crippen molar-refractivity contribution >= 4 is 15.7 Å². The minimum atomic E-state index is -3.46. The Morgan fingerprint density at radius 3 is 2.79 bits per heavy atom. The second-order valence-electron chi connectivity index (χ2n) is 4.49. The predicted octanol–water partition coefficient (Wildman–Crippen LogP) is 1.33. The Hall–Kier alpha value is -1.34. The molecule has 1 aromatic rings. The molecule has 5 nitrogen and oxygen atoms in total. The first-order valence-corrected chi connectivity index (χ1v) is 7.73. The fourth-order valence-corrected chi connectivity index (χ4v) is 2.65. The van der Waals surface area contributed by atoms with E-state index in [0.29, 0.717) is 12.6 Å². The fraction of sp³-hybridized carbons (Fsp3) is 0.500. The normalized spacial score (nSPS) is 15.3. The molecule has 7 heteroatoms. The van der Waals surface area contributed by atoms with Crippen molar-refractivity contribution in [3.63, 3.8) is 0 Å². The average Bonchev–Trinajstić information content (AvgIpc) is 3.15. The zero-order valence-electron chi connectivity index (χ0n) is 10.6. The van der Waals surface area contributed by atoms with Gasteiger partial charge in [0, 0.05) is 18.7 Å². The fourth-order valence-electron chi connectivity index (χ4n) is 1.65. The summed E-state index contributed by atoms with van der Waals surface area (Å²) in [5.41, 5.74) is 0.246. The van der Waals surface area contributed by atoms with E-state index < -0.39 is 15.8 Å². The molecule has 0 spiro atoms. The number of halogens is 1. The zero-order valence-corrected chi connectivity index (χ0v) is 11.5. The summed E-state index contributed by atoms with van der Waals surface area (Å²) in [5, 5.41) is 3.13. The molecule has 0 radical (unpaired) electrons. The third-order valence-electron chi connectivity index (χ3n) is 2.81. The van der Waals surface area contributed by atoms with Gasteiger partial charge in [-0.3, -0.25) is 4.72 Å². The Labute approximate surface area is 112 Å². The van der Waals surface area contributed by atoms with E-state index in [2.05, 4.69) is 10.0 Å². The van der Waals surface area contributed by atoms with Gasteiger partial charge >= 0.3 is 0 Å². The largest absolute Gasteiger partial charge is 0.494 e. The molecular weight excluding hydrogens is 271 g/mol. The van der Waals surface area contributed by atoms with E-state index in [1.807, 2.05) is 0 Å². The minimum absolute atomic E-state index is 0.0238. The predicted molar refractivity (Wildman–Crippen MR) is 71.4 cm³/mol. The molecule has 1 fully saturated rings. The molecule has 0 aromatic heterocycles. The van der Waals surface area contributed by atoms with E-state index >= 15 is 0 Å². The summed E-state index contributed by atoms with van der Waals surface area (Å²) in [6.45, 7) is 0.406. The first-order chi connectivity index (χ1) is 9.00. The number of benzene rings is 1. The third kappa shape index (κ3) is 4.36. The van der Waals surface area contributed by atoms with Gasteiger partial charge in [0.1, 0.15) is 11.6 Å². The van der Waals surface area contributed by atoms with Crippen LogP contribution >= 0.6 is 0 Å². The van der Waals surface area contributed by atoms with Crippen molar-refractivity contribution in [1.29, 1.82) is 0 Å². The zero-order chi connectivity index (χ0) is 13.9. The molecule has 2 N–H and O–H groups in total. The summed E-state index contributed by atoms with van der Waals surface area (Å²) in [7, 11) is -2.10. The molecule has 0 saturated heterocycles. The van der Waals surface area contributed by atoms with Crippen LogP contribution in [0, 0.1) is 5.82 Å². The molecule has 19 heavy (non-hydrogen) atoms. The van der Waals surface area contributed by atoms with Crippen molar-refractivity contribution in [3.8, 4) is 5.75 Å². The highest BCUT2D eigenvalue weighted by atomic mass is 32.2. The molecule has 0 bridgehead atoms. The Kier molecular flexibility index (Phi) is 4.26. The molecule has 1 saturated carbocycles. The minimum Gasteiger partial charge on any atom is -0.494 e. The summed E-state index contributed by atoms with van der Waals surface area (Å²) < 4.78 is 44.0. The van der Waals surface area contributed by atoms with Crippen LogP contribution in [0.2, 0.25) is 0 Å². The van der Waals surface area contributed by atoms with Crippen LogP contribution in [0.3, 0.4) is 0 Å². The van der Waals surface area contributed by atoms with Crippen molar-refractivity contribution in [2.75, 3.05) is 24.1 Å². The van der Waals surface area contributed by atoms with Gasteiger partial charge in [-0.1, -0.05) is 0 Å². The van der Waals surface area contributed by atoms with Crippen molar-refractivity contribution in [3.05, 3.63) is 24.0 Å². The Morgan fingerprint density at radius 1 is 1.42 bits per heavy atom. The maximum Gasteiger partial charge on any atom is 0.234 e. The van der Waals surface area contributed by atoms with E-state index in [-0.39, 0.29) is 17.2 Å². The SMILES string of the molecule is COc1cc(F)ccc1NS(=O)(=O)CCNC1CC1. The van der Waals surface area contributed by atoms with Crippen LogP contribution in [-0.4, -0.2) is 33.9 Å². The first-order valence-electron chi connectivity index (χ1n) is 6.07. The van der Waals surface area contributed by atoms with Crippen molar-refractivity contribution in [1.82, 2.24) is 5.32 Å². The van der Waals surface area contributed by atoms with Gasteiger partial charge in [0.25, 0.3) is 0 Å². The highest BCUT2D eigenvalue weighted by Crippen LogP contribution is 2.26. The van der Waals surface area contributed by atoms with Crippen LogP contribution in [0.1, 0.15) is 12.8 Å². The summed E-state index contributed by atoms with van der Waals surface area (Å²) in [6.07, 6.45) is 2.22. The van der Waals surface area contributed by atoms with Crippen LogP contribution in [0.5, 0.6) is 5.75 Å². The number of ether oxygens (including phenoxy) is 1. The van der Waals surface area contributed by atoms with Gasteiger partial charge in [0.05, 0.1) is 18.6 Å². The Balaban J connectivity index is 1.97. The molecule has 0 aliphatic heterocycles. The Morgan fingerprint density at radius 2 is 2.16 bits per heavy atom. The molecule has 2 rings (SSSR count). The number of anilines is 1. The van der Waals surface area contributed by atoms with Crippen molar-refractivity contribution in [2.45, 2.75) is 18.9 Å². The van der Waals surface area contributed by atoms with E-state index in [9.17, 15) is 12.8 Å². The van der Waals surface area contributed by atoms with E-state index in [4.69, 9.17) is 4.74 Å². The average molecular weight is 288 g/mol. The second-order valence-corrected chi connectivity index (χ2v) is 6.34. The second kappa shape index (κ2) is 5.75. The van der Waals surface area contributed by atoms with Crippen LogP contribution in [-0.2, 0) is 10.0 Å². The molecule has 0 atom stereocenters. The van der Waals surface area contributed by atoms with Crippen LogP contribution in [0.15, 0.2) is 18.2 Å². The lowest BCUT2D eigenvalue weighted by Gasteiger charge is -2.12. The Bertz CT molecular complexity index is 544. The number of nitrogens with one attached hydrogen (secondary N) is 2. The van der Waals surface area contributed by atoms with Gasteiger partial charge in [0.15, 0.2) is 0 Å². The lowest BCUT2D eigenvalue weighted by atomic mass is 10.3. The lowest BCUT2D eigenvalue weighted by Crippen LogP contribution is -2.28. The molecule has 1 aliphatic carbocycles. The molecule has 1 aromatic carbocycles. The van der Waals surface area contributed by atoms with Crippen molar-refractivity contribution in [2.24, 2.45) is 0 Å². The molecule has 1 aliphatic rings. The summed E-state index contributed by atoms with van der Waals surface area (Å²) in [4.78, 5) is 0. The highest BCUT2D eigenvalue weighted by molar-refractivity contribution is 7.92. The number of hydrogen-bond donors (Lipinski definition) is 2. The molecule has 0 unspecified atom stereocenters. The smallest absolute Gasteiger partial charge is 0.234 e. The van der Waals surface area contributed by atoms with Gasteiger partial charge in [0.2, 0.25) is 10.0 Å². The standard InChI is InChI=1S/C12H17FN2O3S/c1-18-12-8-9(13)2-5-11(12)15-19(16,17)7-6-14-10-3-4-10/h2,5,8,10,14-15H,3-4,6-7H2,1H3. The van der Waals surface area contributed by atoms with Gasteiger partial charge < -0.3 is 10.1 Å². The first kappa shape index (κ1) is 14.1. The third-order valence-corrected chi connectivity index (χ3v) is 4.08. The lowest BCUT2D eigenvalue weighted by molar-refractivity contribution is 0.413. The maximum absolute atomic E-state index is 13.0. The van der Waals surface area contributed by atoms with Crippen LogP contribution < -0.4 is 14.8 Å². The van der Waals surface area contributed by atoms with Gasteiger partial charge in [-0.2, -0.15) is 0 Å². The van der Waals surface area contributed by atoms with Crippen LogP contribution in [0.25, 0.3) is 0 Å². The number of hydrogen-bond acceptors (Lipinski definition) is 4. The van der Waals surface area contributed by atoms with Gasteiger partial charge in [-0.25, -0.2) is 12.8 Å². The number of rotatable bonds is 7. The van der Waals surface area contributed by atoms with Gasteiger partial charge in [-0.15, -0.1) is 0 Å². The van der Waals surface area contributed by atoms with Crippen molar-refractivity contribution < 1.29 is 17.5 Å². The summed E-state index contributed by atoms with van der Waals surface area (Å²) >= 11 is 0. The van der Waals surface area contributed by atoms with Crippen LogP contribution in [0.4, 0.5) is 10.1 Å². The molecule has 0 amide bonds. The van der Waals surface area contributed by atoms with Gasteiger partial charge in [-0.05, 0) is 25.0 Å². The highest BCUT2D eigenvalue weighted by Gasteiger charge is 2.21. The maximum atomic E-state index is 13.0. The van der Waals surface area contributed by atoms with E-state index in [1.54, 1.807) is 0 Å². The number of methoxy groups -OCH3 is 1. The monoisotopic (exact) mass is 288 g/mol. The van der Waals surface area contributed by atoms with E-state index in [1.165, 1.54) is 19.2 Å². The topological polar surface area (TPSA) is 67.4 Å². The summed E-state index contributed by atoms with van der Waals surface area (Å²) in [6, 6.07) is 4.14.